The Hall–Kier alpha value is -1.03. The smallest absolute Gasteiger partial charge is 0.0471 e. The van der Waals surface area contributed by atoms with Crippen LogP contribution in [0.1, 0.15) is 10.4 Å². The number of nitrogens with two attached hydrogens (primary N) is 1. The van der Waals surface area contributed by atoms with Crippen molar-refractivity contribution in [3.8, 4) is 0 Å². The molecular formula is C14H17ClN2S. The average Bonchev–Trinajstić information content (AvgIpc) is 2.88. The molecule has 2 N–H and O–H groups in total. The van der Waals surface area contributed by atoms with Gasteiger partial charge in [-0.2, -0.15) is 0 Å². The Morgan fingerprint density at radius 2 is 2.11 bits per heavy atom. The van der Waals surface area contributed by atoms with Crippen LogP contribution in [0, 0.1) is 0 Å². The Balaban J connectivity index is 2.08. The van der Waals surface area contributed by atoms with E-state index in [1.807, 2.05) is 12.1 Å². The van der Waals surface area contributed by atoms with Crippen molar-refractivity contribution in [1.29, 1.82) is 0 Å². The van der Waals surface area contributed by atoms with E-state index in [0.717, 1.165) is 29.2 Å². The van der Waals surface area contributed by atoms with Crippen LogP contribution in [0.2, 0.25) is 5.02 Å². The molecule has 1 aromatic carbocycles. The summed E-state index contributed by atoms with van der Waals surface area (Å²) in [4.78, 5) is 3.62. The predicted molar refractivity (Wildman–Crippen MR) is 80.6 cm³/mol. The van der Waals surface area contributed by atoms with Crippen LogP contribution in [0.4, 0.5) is 5.69 Å². The number of halogens is 1. The van der Waals surface area contributed by atoms with Crippen LogP contribution in [0.5, 0.6) is 0 Å². The van der Waals surface area contributed by atoms with Crippen LogP contribution in [0.25, 0.3) is 0 Å². The number of rotatable bonds is 5. The summed E-state index contributed by atoms with van der Waals surface area (Å²) in [5.74, 6) is 0. The number of nitrogens with zero attached hydrogens (tertiary/aromatic N) is 1. The van der Waals surface area contributed by atoms with Crippen molar-refractivity contribution >= 4 is 28.6 Å². The maximum Gasteiger partial charge on any atom is 0.0471 e. The second kappa shape index (κ2) is 6.23. The molecule has 2 nitrogen and oxygen atoms in total. The Labute approximate surface area is 117 Å². The summed E-state index contributed by atoms with van der Waals surface area (Å²) >= 11 is 7.96. The summed E-state index contributed by atoms with van der Waals surface area (Å²) in [6, 6.07) is 10.2. The maximum absolute atomic E-state index is 6.17. The summed E-state index contributed by atoms with van der Waals surface area (Å²) in [5.41, 5.74) is 7.92. The van der Waals surface area contributed by atoms with Gasteiger partial charge in [-0.25, -0.2) is 0 Å². The average molecular weight is 281 g/mol. The van der Waals surface area contributed by atoms with E-state index in [0.29, 0.717) is 6.54 Å². The van der Waals surface area contributed by atoms with E-state index in [4.69, 9.17) is 17.3 Å². The summed E-state index contributed by atoms with van der Waals surface area (Å²) in [6.07, 6.45) is 1.05. The monoisotopic (exact) mass is 280 g/mol. The quantitative estimate of drug-likeness (QED) is 0.908. The first-order valence-corrected chi connectivity index (χ1v) is 7.19. The van der Waals surface area contributed by atoms with Crippen molar-refractivity contribution in [2.75, 3.05) is 18.5 Å². The molecule has 0 amide bonds. The van der Waals surface area contributed by atoms with Gasteiger partial charge in [0.25, 0.3) is 0 Å². The van der Waals surface area contributed by atoms with Crippen molar-refractivity contribution in [2.45, 2.75) is 13.0 Å². The van der Waals surface area contributed by atoms with Crippen LogP contribution < -0.4 is 10.6 Å². The Morgan fingerprint density at radius 1 is 1.28 bits per heavy atom. The molecule has 1 aromatic heterocycles. The largest absolute Gasteiger partial charge is 0.374 e. The molecule has 0 fully saturated rings. The molecule has 4 heteroatoms. The van der Waals surface area contributed by atoms with E-state index >= 15 is 0 Å². The summed E-state index contributed by atoms with van der Waals surface area (Å²) in [7, 11) is 2.08. The van der Waals surface area contributed by atoms with Crippen molar-refractivity contribution < 1.29 is 0 Å². The van der Waals surface area contributed by atoms with Crippen molar-refractivity contribution in [3.05, 3.63) is 51.2 Å². The summed E-state index contributed by atoms with van der Waals surface area (Å²) < 4.78 is 0. The minimum atomic E-state index is 0.471. The van der Waals surface area contributed by atoms with Gasteiger partial charge in [-0.3, -0.25) is 0 Å². The zero-order valence-electron chi connectivity index (χ0n) is 10.4. The van der Waals surface area contributed by atoms with Crippen LogP contribution >= 0.6 is 22.9 Å². The van der Waals surface area contributed by atoms with Crippen molar-refractivity contribution in [2.24, 2.45) is 5.73 Å². The fraction of sp³-hybridized carbons (Fsp3) is 0.286. The van der Waals surface area contributed by atoms with Gasteiger partial charge in [0.1, 0.15) is 0 Å². The molecule has 0 atom stereocenters. The highest BCUT2D eigenvalue weighted by Crippen LogP contribution is 2.26. The summed E-state index contributed by atoms with van der Waals surface area (Å²) in [6.45, 7) is 1.44. The van der Waals surface area contributed by atoms with Gasteiger partial charge in [0, 0.05) is 41.3 Å². The first-order chi connectivity index (χ1) is 8.72. The third kappa shape index (κ3) is 3.05. The maximum atomic E-state index is 6.17. The zero-order chi connectivity index (χ0) is 13.0. The van der Waals surface area contributed by atoms with E-state index < -0.39 is 0 Å². The number of benzene rings is 1. The highest BCUT2D eigenvalue weighted by atomic mass is 35.5. The molecule has 2 aromatic rings. The van der Waals surface area contributed by atoms with Gasteiger partial charge < -0.3 is 10.6 Å². The molecule has 0 bridgehead atoms. The van der Waals surface area contributed by atoms with Gasteiger partial charge in [-0.1, -0.05) is 23.7 Å². The molecule has 0 aliphatic carbocycles. The van der Waals surface area contributed by atoms with Crippen LogP contribution in [0.3, 0.4) is 0 Å². The minimum absolute atomic E-state index is 0.471. The second-order valence-electron chi connectivity index (χ2n) is 4.19. The normalized spacial score (nSPS) is 10.6. The third-order valence-corrected chi connectivity index (χ3v) is 4.27. The molecule has 2 rings (SSSR count). The molecule has 0 saturated carbocycles. The van der Waals surface area contributed by atoms with E-state index in [9.17, 15) is 0 Å². The Bertz CT molecular complexity index is 497. The van der Waals surface area contributed by atoms with Gasteiger partial charge in [-0.15, -0.1) is 11.3 Å². The molecular weight excluding hydrogens is 264 g/mol. The molecule has 0 aliphatic heterocycles. The lowest BCUT2D eigenvalue weighted by molar-refractivity contribution is 0.875. The fourth-order valence-electron chi connectivity index (χ4n) is 1.96. The number of hydrogen-bond acceptors (Lipinski definition) is 3. The first-order valence-electron chi connectivity index (χ1n) is 5.93. The van der Waals surface area contributed by atoms with Gasteiger partial charge >= 0.3 is 0 Å². The third-order valence-electron chi connectivity index (χ3n) is 2.98. The summed E-state index contributed by atoms with van der Waals surface area (Å²) in [5, 5.41) is 2.86. The molecule has 1 heterocycles. The van der Waals surface area contributed by atoms with Crippen LogP contribution in [-0.4, -0.2) is 13.6 Å². The van der Waals surface area contributed by atoms with Crippen molar-refractivity contribution in [3.63, 3.8) is 0 Å². The van der Waals surface area contributed by atoms with E-state index in [1.165, 1.54) is 4.88 Å². The van der Waals surface area contributed by atoms with E-state index in [1.54, 1.807) is 11.3 Å². The highest BCUT2D eigenvalue weighted by molar-refractivity contribution is 7.09. The lowest BCUT2D eigenvalue weighted by atomic mass is 10.1. The number of thiophene rings is 1. The Kier molecular flexibility index (Phi) is 4.64. The van der Waals surface area contributed by atoms with Gasteiger partial charge in [0.15, 0.2) is 0 Å². The number of anilines is 1. The minimum Gasteiger partial charge on any atom is -0.374 e. The Morgan fingerprint density at radius 3 is 2.78 bits per heavy atom. The fourth-order valence-corrected chi connectivity index (χ4v) is 2.91. The number of likely N-dealkylation sites (N-methyl/N-ethyl adjacent to an activating group) is 1. The second-order valence-corrected chi connectivity index (χ2v) is 5.63. The van der Waals surface area contributed by atoms with Crippen molar-refractivity contribution in [1.82, 2.24) is 0 Å². The first kappa shape index (κ1) is 13.4. The molecule has 96 valence electrons. The van der Waals surface area contributed by atoms with Gasteiger partial charge in [0.2, 0.25) is 0 Å². The van der Waals surface area contributed by atoms with Gasteiger partial charge in [-0.05, 0) is 30.0 Å². The lowest BCUT2D eigenvalue weighted by Crippen LogP contribution is -2.22. The van der Waals surface area contributed by atoms with E-state index in [-0.39, 0.29) is 0 Å². The topological polar surface area (TPSA) is 29.3 Å². The van der Waals surface area contributed by atoms with E-state index in [2.05, 4.69) is 35.5 Å². The zero-order valence-corrected chi connectivity index (χ0v) is 12.0. The SMILES string of the molecule is CN(CCc1cccs1)c1cccc(Cl)c1CN. The molecule has 0 saturated heterocycles. The molecule has 0 spiro atoms. The van der Waals surface area contributed by atoms with Crippen LogP contribution in [-0.2, 0) is 13.0 Å². The van der Waals surface area contributed by atoms with Gasteiger partial charge in [0.05, 0.1) is 0 Å². The van der Waals surface area contributed by atoms with Crippen LogP contribution in [0.15, 0.2) is 35.7 Å². The molecule has 0 radical (unpaired) electrons. The molecule has 18 heavy (non-hydrogen) atoms. The molecule has 0 aliphatic rings. The predicted octanol–water partition coefficient (Wildman–Crippen LogP) is 3.54. The highest BCUT2D eigenvalue weighted by Gasteiger charge is 2.09. The number of hydrogen-bond donors (Lipinski definition) is 1. The lowest BCUT2D eigenvalue weighted by Gasteiger charge is -2.22. The molecule has 0 unspecified atom stereocenters. The standard InChI is InChI=1S/C14H17ClN2S/c1-17(8-7-11-4-3-9-18-11)14-6-2-5-13(15)12(14)10-16/h2-6,9H,7-8,10,16H2,1H3.